The highest BCUT2D eigenvalue weighted by molar-refractivity contribution is 5.72. The van der Waals surface area contributed by atoms with Crippen LogP contribution in [0.4, 0.5) is 0 Å². The molecule has 0 saturated carbocycles. The maximum absolute atomic E-state index is 11.3. The molecular weight excluding hydrogens is 546 g/mol. The first-order valence-corrected chi connectivity index (χ1v) is 15.9. The van der Waals surface area contributed by atoms with Crippen molar-refractivity contribution in [3.63, 3.8) is 0 Å². The molecule has 0 radical (unpaired) electrons. The van der Waals surface area contributed by atoms with Crippen molar-refractivity contribution in [2.75, 3.05) is 27.3 Å². The van der Waals surface area contributed by atoms with Crippen LogP contribution in [0.2, 0.25) is 0 Å². The number of aryl methyl sites for hydroxylation is 4. The normalized spacial score (nSPS) is 14.9. The minimum Gasteiger partial charge on any atom is -0.492 e. The van der Waals surface area contributed by atoms with Crippen molar-refractivity contribution in [2.45, 2.75) is 64.0 Å². The third-order valence-electron chi connectivity index (χ3n) is 8.88. The van der Waals surface area contributed by atoms with Crippen molar-refractivity contribution in [3.8, 4) is 5.75 Å². The van der Waals surface area contributed by atoms with Crippen LogP contribution in [0.25, 0.3) is 0 Å². The van der Waals surface area contributed by atoms with Crippen molar-refractivity contribution in [3.05, 3.63) is 136 Å². The Kier molecular flexibility index (Phi) is 10.9. The standard InChI is InChI=1S/C39H45NO4/c1-4-9-29-15-19-32-20-23-34-31(18-14-28-10-6-5-7-11-28)12-8-13-35(34)38(36(32)26-29)40(2)24-25-44-33-21-16-30(17-22-33)27-37(43-3)39(41)42/h5-8,10-13,15-17,19,21-22,26,37-38H,4,9,14,18,20,23-25,27H2,1-3H3,(H,41,42). The van der Waals surface area contributed by atoms with Gasteiger partial charge in [0.25, 0.3) is 0 Å². The van der Waals surface area contributed by atoms with E-state index in [1.165, 1.54) is 46.1 Å². The number of fused-ring (bicyclic) bond motifs is 2. The van der Waals surface area contributed by atoms with Gasteiger partial charge in [0.05, 0.1) is 6.04 Å². The number of carboxylic acids is 1. The van der Waals surface area contributed by atoms with Gasteiger partial charge in [0.1, 0.15) is 12.4 Å². The number of hydrogen-bond acceptors (Lipinski definition) is 4. The zero-order valence-electron chi connectivity index (χ0n) is 26.3. The maximum Gasteiger partial charge on any atom is 0.333 e. The number of nitrogens with zero attached hydrogens (tertiary/aromatic N) is 1. The molecule has 0 amide bonds. The number of carboxylic acid groups (broad SMARTS) is 1. The highest BCUT2D eigenvalue weighted by Gasteiger charge is 2.28. The molecule has 5 rings (SSSR count). The second kappa shape index (κ2) is 15.2. The SMILES string of the molecule is CCCc1ccc2c(c1)C(N(C)CCOc1ccc(CC(OC)C(=O)O)cc1)c1cccc(CCc3ccccc3)c1CC2. The Labute approximate surface area is 262 Å². The minimum atomic E-state index is -0.956. The van der Waals surface area contributed by atoms with Crippen LogP contribution >= 0.6 is 0 Å². The summed E-state index contributed by atoms with van der Waals surface area (Å²) in [5.41, 5.74) is 10.9. The molecule has 0 fully saturated rings. The fourth-order valence-corrected chi connectivity index (χ4v) is 6.49. The number of likely N-dealkylation sites (N-methyl/N-ethyl adjacent to an activating group) is 1. The highest BCUT2D eigenvalue weighted by atomic mass is 16.5. The Bertz CT molecular complexity index is 1520. The quantitative estimate of drug-likeness (QED) is 0.167. The molecule has 1 N–H and O–H groups in total. The van der Waals surface area contributed by atoms with Crippen LogP contribution in [0.15, 0.2) is 91.0 Å². The van der Waals surface area contributed by atoms with Crippen molar-refractivity contribution >= 4 is 5.97 Å². The molecule has 4 aromatic carbocycles. The third-order valence-corrected chi connectivity index (χ3v) is 8.88. The Balaban J connectivity index is 1.35. The van der Waals surface area contributed by atoms with E-state index in [-0.39, 0.29) is 6.04 Å². The summed E-state index contributed by atoms with van der Waals surface area (Å²) in [6.07, 6.45) is 5.88. The molecule has 5 nitrogen and oxygen atoms in total. The van der Waals surface area contributed by atoms with E-state index in [4.69, 9.17) is 9.47 Å². The lowest BCUT2D eigenvalue weighted by Crippen LogP contribution is -2.30. The van der Waals surface area contributed by atoms with Gasteiger partial charge in [-0.05, 0) is 95.8 Å². The molecular formula is C39H45NO4. The average molecular weight is 592 g/mol. The second-order valence-corrected chi connectivity index (χ2v) is 11.9. The number of methoxy groups -OCH3 is 1. The van der Waals surface area contributed by atoms with Gasteiger partial charge < -0.3 is 14.6 Å². The summed E-state index contributed by atoms with van der Waals surface area (Å²) in [7, 11) is 3.64. The van der Waals surface area contributed by atoms with Crippen LogP contribution in [-0.4, -0.2) is 49.4 Å². The smallest absolute Gasteiger partial charge is 0.333 e. The summed E-state index contributed by atoms with van der Waals surface area (Å²) in [5.74, 6) is -0.177. The number of carbonyl (C=O) groups is 1. The van der Waals surface area contributed by atoms with E-state index in [1.807, 2.05) is 24.3 Å². The molecule has 230 valence electrons. The second-order valence-electron chi connectivity index (χ2n) is 11.9. The van der Waals surface area contributed by atoms with Gasteiger partial charge in [0.2, 0.25) is 0 Å². The van der Waals surface area contributed by atoms with Crippen LogP contribution in [0.5, 0.6) is 5.75 Å². The summed E-state index contributed by atoms with van der Waals surface area (Å²) >= 11 is 0. The summed E-state index contributed by atoms with van der Waals surface area (Å²) in [6.45, 7) is 3.56. The number of hydrogen-bond donors (Lipinski definition) is 1. The molecule has 2 unspecified atom stereocenters. The van der Waals surface area contributed by atoms with Gasteiger partial charge in [-0.25, -0.2) is 4.79 Å². The fraction of sp³-hybridized carbons (Fsp3) is 0.359. The first kappa shape index (κ1) is 31.5. The molecule has 0 saturated heterocycles. The largest absolute Gasteiger partial charge is 0.492 e. The minimum absolute atomic E-state index is 0.156. The number of benzene rings is 4. The Morgan fingerprint density at radius 1 is 0.864 bits per heavy atom. The van der Waals surface area contributed by atoms with E-state index >= 15 is 0 Å². The van der Waals surface area contributed by atoms with Crippen LogP contribution in [-0.2, 0) is 48.1 Å². The summed E-state index contributed by atoms with van der Waals surface area (Å²) in [5, 5.41) is 9.28. The van der Waals surface area contributed by atoms with Crippen molar-refractivity contribution in [1.82, 2.24) is 4.90 Å². The summed E-state index contributed by atoms with van der Waals surface area (Å²) in [4.78, 5) is 13.8. The van der Waals surface area contributed by atoms with Crippen LogP contribution in [0.3, 0.4) is 0 Å². The maximum atomic E-state index is 11.3. The summed E-state index contributed by atoms with van der Waals surface area (Å²) in [6, 6.07) is 32.7. The molecule has 1 aliphatic carbocycles. The van der Waals surface area contributed by atoms with E-state index in [0.29, 0.717) is 13.0 Å². The first-order valence-electron chi connectivity index (χ1n) is 15.9. The van der Waals surface area contributed by atoms with Crippen molar-refractivity contribution in [2.24, 2.45) is 0 Å². The van der Waals surface area contributed by atoms with Gasteiger partial charge in [-0.3, -0.25) is 4.90 Å². The van der Waals surface area contributed by atoms with Gasteiger partial charge in [-0.2, -0.15) is 0 Å². The molecule has 44 heavy (non-hydrogen) atoms. The van der Waals surface area contributed by atoms with Crippen LogP contribution in [0.1, 0.15) is 63.9 Å². The molecule has 0 aromatic heterocycles. The first-order chi connectivity index (χ1) is 21.5. The van der Waals surface area contributed by atoms with Crippen LogP contribution in [0, 0.1) is 0 Å². The number of rotatable bonds is 14. The van der Waals surface area contributed by atoms with Crippen molar-refractivity contribution < 1.29 is 19.4 Å². The van der Waals surface area contributed by atoms with Gasteiger partial charge in [-0.15, -0.1) is 0 Å². The zero-order valence-corrected chi connectivity index (χ0v) is 26.3. The molecule has 1 aliphatic rings. The molecule has 0 aliphatic heterocycles. The fourth-order valence-electron chi connectivity index (χ4n) is 6.49. The van der Waals surface area contributed by atoms with Gasteiger partial charge >= 0.3 is 5.97 Å². The molecule has 2 atom stereocenters. The predicted octanol–water partition coefficient (Wildman–Crippen LogP) is 7.27. The van der Waals surface area contributed by atoms with E-state index in [1.54, 1.807) is 0 Å². The van der Waals surface area contributed by atoms with E-state index in [9.17, 15) is 9.90 Å². The zero-order chi connectivity index (χ0) is 30.9. The highest BCUT2D eigenvalue weighted by Crippen LogP contribution is 2.38. The van der Waals surface area contributed by atoms with Gasteiger partial charge in [0.15, 0.2) is 6.10 Å². The average Bonchev–Trinajstić information content (AvgIpc) is 3.20. The Morgan fingerprint density at radius 2 is 1.64 bits per heavy atom. The number of ether oxygens (including phenoxy) is 2. The van der Waals surface area contributed by atoms with Crippen molar-refractivity contribution in [1.29, 1.82) is 0 Å². The monoisotopic (exact) mass is 591 g/mol. The Hall–Kier alpha value is -3.93. The molecule has 4 aromatic rings. The molecule has 0 spiro atoms. The van der Waals surface area contributed by atoms with Gasteiger partial charge in [-0.1, -0.05) is 92.2 Å². The Morgan fingerprint density at radius 3 is 2.36 bits per heavy atom. The number of aliphatic carboxylic acids is 1. The third kappa shape index (κ3) is 7.77. The van der Waals surface area contributed by atoms with E-state index in [0.717, 1.165) is 56.4 Å². The molecule has 5 heteroatoms. The topological polar surface area (TPSA) is 59.0 Å². The van der Waals surface area contributed by atoms with E-state index in [2.05, 4.69) is 85.6 Å². The van der Waals surface area contributed by atoms with Gasteiger partial charge in [0, 0.05) is 20.1 Å². The molecule has 0 bridgehead atoms. The molecule has 0 heterocycles. The summed E-state index contributed by atoms with van der Waals surface area (Å²) < 4.78 is 11.3. The van der Waals surface area contributed by atoms with Crippen LogP contribution < -0.4 is 4.74 Å². The lowest BCUT2D eigenvalue weighted by molar-refractivity contribution is -0.148. The van der Waals surface area contributed by atoms with E-state index < -0.39 is 12.1 Å². The lowest BCUT2D eigenvalue weighted by atomic mass is 9.88. The predicted molar refractivity (Wildman–Crippen MR) is 177 cm³/mol. The lowest BCUT2D eigenvalue weighted by Gasteiger charge is -2.31.